The molecule has 0 radical (unpaired) electrons. The molecule has 1 aromatic rings. The van der Waals surface area contributed by atoms with Gasteiger partial charge in [0, 0.05) is 19.5 Å². The van der Waals surface area contributed by atoms with Crippen molar-refractivity contribution in [2.75, 3.05) is 30.4 Å². The zero-order chi connectivity index (χ0) is 13.8. The van der Waals surface area contributed by atoms with E-state index in [1.54, 1.807) is 6.92 Å². The standard InChI is InChI=1S/C13H22N4O2/c1-3-10-15-11(13(18)19-4-2)12(14)17(10)16-8-6-5-7-9-16/h3-9,14H2,1-2H3. The van der Waals surface area contributed by atoms with Crippen LogP contribution in [0.2, 0.25) is 0 Å². The van der Waals surface area contributed by atoms with Crippen molar-refractivity contribution in [1.29, 1.82) is 0 Å². The molecule has 0 aliphatic carbocycles. The van der Waals surface area contributed by atoms with Crippen molar-refractivity contribution in [2.24, 2.45) is 0 Å². The fourth-order valence-corrected chi connectivity index (χ4v) is 2.44. The third kappa shape index (κ3) is 2.67. The summed E-state index contributed by atoms with van der Waals surface area (Å²) in [5.41, 5.74) is 6.34. The number of hydrogen-bond acceptors (Lipinski definition) is 5. The number of carbonyl (C=O) groups excluding carboxylic acids is 1. The molecule has 2 heterocycles. The minimum Gasteiger partial charge on any atom is -0.461 e. The predicted molar refractivity (Wildman–Crippen MR) is 73.8 cm³/mol. The normalized spacial score (nSPS) is 15.6. The van der Waals surface area contributed by atoms with Gasteiger partial charge >= 0.3 is 5.97 Å². The Hall–Kier alpha value is -1.72. The summed E-state index contributed by atoms with van der Waals surface area (Å²) in [5, 5.41) is 2.17. The van der Waals surface area contributed by atoms with Gasteiger partial charge in [0.25, 0.3) is 0 Å². The molecular formula is C13H22N4O2. The zero-order valence-corrected chi connectivity index (χ0v) is 11.7. The van der Waals surface area contributed by atoms with Crippen molar-refractivity contribution in [3.8, 4) is 0 Å². The topological polar surface area (TPSA) is 73.4 Å². The first-order valence-corrected chi connectivity index (χ1v) is 6.98. The fourth-order valence-electron chi connectivity index (χ4n) is 2.44. The summed E-state index contributed by atoms with van der Waals surface area (Å²) in [6.45, 7) is 6.02. The Kier molecular flexibility index (Phi) is 4.29. The molecular weight excluding hydrogens is 244 g/mol. The minimum absolute atomic E-state index is 0.240. The average molecular weight is 266 g/mol. The lowest BCUT2D eigenvalue weighted by molar-refractivity contribution is 0.0521. The Labute approximate surface area is 113 Å². The fraction of sp³-hybridized carbons (Fsp3) is 0.692. The number of esters is 1. The third-order valence-corrected chi connectivity index (χ3v) is 3.36. The first-order chi connectivity index (χ1) is 9.19. The number of aromatic nitrogens is 2. The average Bonchev–Trinajstić information content (AvgIpc) is 2.77. The Morgan fingerprint density at radius 1 is 1.32 bits per heavy atom. The van der Waals surface area contributed by atoms with Crippen molar-refractivity contribution >= 4 is 11.8 Å². The second kappa shape index (κ2) is 5.95. The maximum absolute atomic E-state index is 11.8. The molecule has 0 unspecified atom stereocenters. The lowest BCUT2D eigenvalue weighted by Crippen LogP contribution is -2.40. The van der Waals surface area contributed by atoms with Crippen LogP contribution in [0.5, 0.6) is 0 Å². The third-order valence-electron chi connectivity index (χ3n) is 3.36. The summed E-state index contributed by atoms with van der Waals surface area (Å²) < 4.78 is 6.89. The van der Waals surface area contributed by atoms with Crippen molar-refractivity contribution in [2.45, 2.75) is 39.5 Å². The van der Waals surface area contributed by atoms with E-state index in [0.717, 1.165) is 38.2 Å². The largest absolute Gasteiger partial charge is 0.461 e. The van der Waals surface area contributed by atoms with Gasteiger partial charge in [-0.25, -0.2) is 14.5 Å². The predicted octanol–water partition coefficient (Wildman–Crippen LogP) is 1.33. The molecule has 0 amide bonds. The van der Waals surface area contributed by atoms with E-state index in [9.17, 15) is 4.79 Å². The second-order valence-electron chi connectivity index (χ2n) is 4.66. The van der Waals surface area contributed by atoms with Crippen LogP contribution >= 0.6 is 0 Å². The van der Waals surface area contributed by atoms with E-state index in [1.165, 1.54) is 6.42 Å². The quantitative estimate of drug-likeness (QED) is 0.832. The lowest BCUT2D eigenvalue weighted by atomic mass is 10.2. The second-order valence-corrected chi connectivity index (χ2v) is 4.66. The maximum Gasteiger partial charge on any atom is 0.360 e. The van der Waals surface area contributed by atoms with Gasteiger partial charge in [0.2, 0.25) is 0 Å². The molecule has 0 saturated carbocycles. The number of anilines is 1. The number of rotatable bonds is 4. The van der Waals surface area contributed by atoms with Gasteiger partial charge in [-0.3, -0.25) is 0 Å². The van der Waals surface area contributed by atoms with E-state index in [2.05, 4.69) is 9.99 Å². The van der Waals surface area contributed by atoms with E-state index < -0.39 is 5.97 Å². The lowest BCUT2D eigenvalue weighted by Gasteiger charge is -2.31. The number of nitrogen functional groups attached to an aromatic ring is 1. The van der Waals surface area contributed by atoms with Crippen LogP contribution in [-0.2, 0) is 11.2 Å². The van der Waals surface area contributed by atoms with E-state index in [4.69, 9.17) is 10.5 Å². The van der Waals surface area contributed by atoms with Gasteiger partial charge < -0.3 is 15.5 Å². The number of carbonyl (C=O) groups is 1. The Morgan fingerprint density at radius 3 is 2.58 bits per heavy atom. The molecule has 2 rings (SSSR count). The van der Waals surface area contributed by atoms with Gasteiger partial charge in [-0.1, -0.05) is 6.92 Å². The van der Waals surface area contributed by atoms with Crippen molar-refractivity contribution in [3.05, 3.63) is 11.5 Å². The summed E-state index contributed by atoms with van der Waals surface area (Å²) in [7, 11) is 0. The smallest absolute Gasteiger partial charge is 0.360 e. The van der Waals surface area contributed by atoms with Gasteiger partial charge in [0.15, 0.2) is 11.5 Å². The van der Waals surface area contributed by atoms with Crippen molar-refractivity contribution < 1.29 is 9.53 Å². The van der Waals surface area contributed by atoms with Crippen LogP contribution in [-0.4, -0.2) is 35.3 Å². The molecule has 1 aromatic heterocycles. The molecule has 6 heteroatoms. The maximum atomic E-state index is 11.8. The van der Waals surface area contributed by atoms with Gasteiger partial charge in [-0.15, -0.1) is 0 Å². The highest BCUT2D eigenvalue weighted by atomic mass is 16.5. The molecule has 106 valence electrons. The highest BCUT2D eigenvalue weighted by Gasteiger charge is 2.24. The summed E-state index contributed by atoms with van der Waals surface area (Å²) >= 11 is 0. The Balaban J connectivity index is 2.33. The van der Waals surface area contributed by atoms with Crippen LogP contribution < -0.4 is 10.7 Å². The molecule has 0 atom stereocenters. The van der Waals surface area contributed by atoms with E-state index in [0.29, 0.717) is 12.4 Å². The minimum atomic E-state index is -0.439. The summed E-state index contributed by atoms with van der Waals surface area (Å²) in [5.74, 6) is 0.783. The van der Waals surface area contributed by atoms with Crippen LogP contribution in [0.4, 0.5) is 5.82 Å². The van der Waals surface area contributed by atoms with Crippen LogP contribution in [0.25, 0.3) is 0 Å². The molecule has 0 aromatic carbocycles. The molecule has 1 aliphatic heterocycles. The summed E-state index contributed by atoms with van der Waals surface area (Å²) in [4.78, 5) is 16.2. The highest BCUT2D eigenvalue weighted by molar-refractivity contribution is 5.92. The van der Waals surface area contributed by atoms with Crippen LogP contribution in [0, 0.1) is 0 Å². The van der Waals surface area contributed by atoms with Gasteiger partial charge in [-0.2, -0.15) is 0 Å². The number of piperidine rings is 1. The summed E-state index contributed by atoms with van der Waals surface area (Å²) in [6, 6.07) is 0. The molecule has 19 heavy (non-hydrogen) atoms. The molecule has 0 spiro atoms. The number of imidazole rings is 1. The Morgan fingerprint density at radius 2 is 2.00 bits per heavy atom. The molecule has 1 aliphatic rings. The van der Waals surface area contributed by atoms with Crippen molar-refractivity contribution in [3.63, 3.8) is 0 Å². The van der Waals surface area contributed by atoms with Gasteiger partial charge in [-0.05, 0) is 26.2 Å². The highest BCUT2D eigenvalue weighted by Crippen LogP contribution is 2.19. The zero-order valence-electron chi connectivity index (χ0n) is 11.7. The number of nitrogens with zero attached hydrogens (tertiary/aromatic N) is 3. The van der Waals surface area contributed by atoms with Crippen LogP contribution in [0.1, 0.15) is 49.4 Å². The molecule has 2 N–H and O–H groups in total. The monoisotopic (exact) mass is 266 g/mol. The molecule has 0 bridgehead atoms. The number of hydrogen-bond donors (Lipinski definition) is 1. The number of ether oxygens (including phenoxy) is 1. The molecule has 6 nitrogen and oxygen atoms in total. The van der Waals surface area contributed by atoms with E-state index in [1.807, 2.05) is 11.6 Å². The van der Waals surface area contributed by atoms with Crippen molar-refractivity contribution in [1.82, 2.24) is 9.66 Å². The SMILES string of the molecule is CCOC(=O)c1nc(CC)n(N2CCCCC2)c1N. The number of nitrogens with two attached hydrogens (primary N) is 1. The molecule has 1 fully saturated rings. The first kappa shape index (κ1) is 13.7. The van der Waals surface area contributed by atoms with Gasteiger partial charge in [0.05, 0.1) is 6.61 Å². The Bertz CT molecular complexity index is 450. The van der Waals surface area contributed by atoms with Crippen LogP contribution in [0.3, 0.4) is 0 Å². The van der Waals surface area contributed by atoms with Gasteiger partial charge in [0.1, 0.15) is 5.82 Å². The van der Waals surface area contributed by atoms with E-state index in [-0.39, 0.29) is 5.69 Å². The summed E-state index contributed by atoms with van der Waals surface area (Å²) in [6.07, 6.45) is 4.28. The van der Waals surface area contributed by atoms with E-state index >= 15 is 0 Å². The number of aryl methyl sites for hydroxylation is 1. The van der Waals surface area contributed by atoms with Crippen LogP contribution in [0.15, 0.2) is 0 Å². The first-order valence-electron chi connectivity index (χ1n) is 6.98. The molecule has 1 saturated heterocycles.